The fourth-order valence-electron chi connectivity index (χ4n) is 1.98. The zero-order valence-corrected chi connectivity index (χ0v) is 10.5. The van der Waals surface area contributed by atoms with Crippen molar-refractivity contribution in [2.24, 2.45) is 0 Å². The van der Waals surface area contributed by atoms with Gasteiger partial charge in [-0.3, -0.25) is 14.9 Å². The van der Waals surface area contributed by atoms with E-state index in [1.54, 1.807) is 0 Å². The maximum Gasteiger partial charge on any atom is 0.258 e. The van der Waals surface area contributed by atoms with Crippen LogP contribution in [0.3, 0.4) is 0 Å². The summed E-state index contributed by atoms with van der Waals surface area (Å²) in [5.41, 5.74) is 2.72. The standard InChI is InChI=1S/C14H17NO2/c1-14(2,3)10-6-4-9-5-7-12(16)15-13(17)11(9)8-10/h4,6,8H,5,7H2,1-3H3,(H,15,16,17). The molecule has 0 spiro atoms. The van der Waals surface area contributed by atoms with E-state index in [2.05, 4.69) is 26.1 Å². The third-order valence-corrected chi connectivity index (χ3v) is 3.09. The second kappa shape index (κ2) is 3.99. The third-order valence-electron chi connectivity index (χ3n) is 3.09. The smallest absolute Gasteiger partial charge is 0.258 e. The van der Waals surface area contributed by atoms with Gasteiger partial charge in [-0.15, -0.1) is 0 Å². The van der Waals surface area contributed by atoms with Gasteiger partial charge in [0.05, 0.1) is 0 Å². The van der Waals surface area contributed by atoms with Gasteiger partial charge in [-0.1, -0.05) is 32.9 Å². The molecule has 0 unspecified atom stereocenters. The number of carbonyl (C=O) groups is 2. The number of benzene rings is 1. The highest BCUT2D eigenvalue weighted by Gasteiger charge is 2.22. The Labute approximate surface area is 101 Å². The fourth-order valence-corrected chi connectivity index (χ4v) is 1.98. The predicted octanol–water partition coefficient (Wildman–Crippen LogP) is 2.19. The maximum absolute atomic E-state index is 11.9. The molecule has 2 rings (SSSR count). The molecule has 1 aromatic carbocycles. The summed E-state index contributed by atoms with van der Waals surface area (Å²) in [6.07, 6.45) is 1.02. The molecule has 0 fully saturated rings. The van der Waals surface area contributed by atoms with E-state index in [0.29, 0.717) is 18.4 Å². The van der Waals surface area contributed by atoms with Crippen LogP contribution in [0.1, 0.15) is 48.7 Å². The van der Waals surface area contributed by atoms with Gasteiger partial charge < -0.3 is 0 Å². The number of nitrogens with one attached hydrogen (secondary N) is 1. The van der Waals surface area contributed by atoms with E-state index in [1.165, 1.54) is 0 Å². The molecule has 3 nitrogen and oxygen atoms in total. The van der Waals surface area contributed by atoms with Gasteiger partial charge in [0.15, 0.2) is 0 Å². The molecule has 90 valence electrons. The van der Waals surface area contributed by atoms with E-state index in [1.807, 2.05) is 18.2 Å². The second-order valence-corrected chi connectivity index (χ2v) is 5.50. The summed E-state index contributed by atoms with van der Waals surface area (Å²) in [7, 11) is 0. The lowest BCUT2D eigenvalue weighted by Gasteiger charge is -2.20. The summed E-state index contributed by atoms with van der Waals surface area (Å²) in [5.74, 6) is -0.461. The molecule has 17 heavy (non-hydrogen) atoms. The lowest BCUT2D eigenvalue weighted by atomic mass is 9.85. The molecular weight excluding hydrogens is 214 g/mol. The van der Waals surface area contributed by atoms with Gasteiger partial charge in [-0.2, -0.15) is 0 Å². The molecule has 1 N–H and O–H groups in total. The molecule has 2 amide bonds. The summed E-state index contributed by atoms with van der Waals surface area (Å²) in [5, 5.41) is 2.40. The number of imide groups is 1. The molecule has 1 aliphatic heterocycles. The highest BCUT2D eigenvalue weighted by molar-refractivity contribution is 6.06. The van der Waals surface area contributed by atoms with Gasteiger partial charge in [-0.25, -0.2) is 0 Å². The van der Waals surface area contributed by atoms with E-state index >= 15 is 0 Å². The number of aryl methyl sites for hydroxylation is 1. The molecule has 1 aromatic rings. The Morgan fingerprint density at radius 2 is 1.82 bits per heavy atom. The number of fused-ring (bicyclic) bond motifs is 1. The molecule has 3 heteroatoms. The average Bonchev–Trinajstić information content (AvgIpc) is 2.37. The minimum absolute atomic E-state index is 0.00558. The predicted molar refractivity (Wildman–Crippen MR) is 65.9 cm³/mol. The first-order valence-corrected chi connectivity index (χ1v) is 5.85. The van der Waals surface area contributed by atoms with Crippen LogP contribution in [0.15, 0.2) is 18.2 Å². The Balaban J connectivity index is 2.48. The van der Waals surface area contributed by atoms with E-state index in [-0.39, 0.29) is 17.2 Å². The van der Waals surface area contributed by atoms with E-state index in [0.717, 1.165) is 11.1 Å². The highest BCUT2D eigenvalue weighted by atomic mass is 16.2. The van der Waals surface area contributed by atoms with Gasteiger partial charge in [-0.05, 0) is 29.0 Å². The average molecular weight is 231 g/mol. The molecule has 0 saturated carbocycles. The Morgan fingerprint density at radius 3 is 2.47 bits per heavy atom. The first kappa shape index (κ1) is 11.8. The summed E-state index contributed by atoms with van der Waals surface area (Å²) < 4.78 is 0. The quantitative estimate of drug-likeness (QED) is 0.696. The molecule has 1 aliphatic rings. The monoisotopic (exact) mass is 231 g/mol. The molecular formula is C14H17NO2. The largest absolute Gasteiger partial charge is 0.292 e. The molecule has 0 radical (unpaired) electrons. The summed E-state index contributed by atoms with van der Waals surface area (Å²) in [4.78, 5) is 23.2. The first-order chi connectivity index (χ1) is 7.88. The summed E-state index contributed by atoms with van der Waals surface area (Å²) >= 11 is 0. The van der Waals surface area contributed by atoms with Crippen molar-refractivity contribution < 1.29 is 9.59 Å². The van der Waals surface area contributed by atoms with Crippen molar-refractivity contribution in [1.29, 1.82) is 0 Å². The summed E-state index contributed by atoms with van der Waals surface area (Å²) in [6.45, 7) is 6.32. The molecule has 0 atom stereocenters. The maximum atomic E-state index is 11.9. The van der Waals surface area contributed by atoms with Crippen molar-refractivity contribution in [1.82, 2.24) is 5.32 Å². The summed E-state index contributed by atoms with van der Waals surface area (Å²) in [6, 6.07) is 5.92. The topological polar surface area (TPSA) is 46.2 Å². The Bertz CT molecular complexity index is 483. The number of hydrogen-bond donors (Lipinski definition) is 1. The fraction of sp³-hybridized carbons (Fsp3) is 0.429. The van der Waals surface area contributed by atoms with Gasteiger partial charge in [0.2, 0.25) is 5.91 Å². The lowest BCUT2D eigenvalue weighted by Crippen LogP contribution is -2.28. The van der Waals surface area contributed by atoms with Gasteiger partial charge in [0, 0.05) is 12.0 Å². The van der Waals surface area contributed by atoms with Crippen LogP contribution in [0, 0.1) is 0 Å². The zero-order valence-electron chi connectivity index (χ0n) is 10.5. The van der Waals surface area contributed by atoms with Crippen LogP contribution in [0.4, 0.5) is 0 Å². The molecule has 0 aliphatic carbocycles. The van der Waals surface area contributed by atoms with Crippen LogP contribution in [0.5, 0.6) is 0 Å². The second-order valence-electron chi connectivity index (χ2n) is 5.50. The highest BCUT2D eigenvalue weighted by Crippen LogP contribution is 2.26. The van der Waals surface area contributed by atoms with E-state index in [9.17, 15) is 9.59 Å². The van der Waals surface area contributed by atoms with Crippen molar-refractivity contribution in [3.05, 3.63) is 34.9 Å². The molecule has 0 saturated heterocycles. The van der Waals surface area contributed by atoms with Gasteiger partial charge in [0.25, 0.3) is 5.91 Å². The minimum atomic E-state index is -0.270. The minimum Gasteiger partial charge on any atom is -0.292 e. The van der Waals surface area contributed by atoms with Crippen LogP contribution < -0.4 is 5.32 Å². The Hall–Kier alpha value is -1.64. The lowest BCUT2D eigenvalue weighted by molar-refractivity contribution is -0.119. The molecule has 1 heterocycles. The van der Waals surface area contributed by atoms with Crippen LogP contribution in [0.25, 0.3) is 0 Å². The first-order valence-electron chi connectivity index (χ1n) is 5.85. The van der Waals surface area contributed by atoms with Crippen molar-refractivity contribution in [2.75, 3.05) is 0 Å². The van der Waals surface area contributed by atoms with Crippen molar-refractivity contribution >= 4 is 11.8 Å². The van der Waals surface area contributed by atoms with Crippen molar-refractivity contribution in [2.45, 2.75) is 39.0 Å². The van der Waals surface area contributed by atoms with Crippen molar-refractivity contribution in [3.8, 4) is 0 Å². The molecule has 0 aromatic heterocycles. The van der Waals surface area contributed by atoms with Crippen molar-refractivity contribution in [3.63, 3.8) is 0 Å². The number of amides is 2. The Kier molecular flexibility index (Phi) is 2.77. The number of rotatable bonds is 0. The SMILES string of the molecule is CC(C)(C)c1ccc2c(c1)C(=O)NC(=O)CC2. The van der Waals surface area contributed by atoms with Crippen LogP contribution in [-0.2, 0) is 16.6 Å². The number of carbonyl (C=O) groups excluding carboxylic acids is 2. The third kappa shape index (κ3) is 2.38. The van der Waals surface area contributed by atoms with E-state index in [4.69, 9.17) is 0 Å². The van der Waals surface area contributed by atoms with Crippen LogP contribution >= 0.6 is 0 Å². The zero-order chi connectivity index (χ0) is 12.6. The Morgan fingerprint density at radius 1 is 1.12 bits per heavy atom. The van der Waals surface area contributed by atoms with Crippen LogP contribution in [0.2, 0.25) is 0 Å². The normalized spacial score (nSPS) is 16.2. The molecule has 0 bridgehead atoms. The number of hydrogen-bond acceptors (Lipinski definition) is 2. The van der Waals surface area contributed by atoms with Gasteiger partial charge >= 0.3 is 0 Å². The van der Waals surface area contributed by atoms with Crippen LogP contribution in [-0.4, -0.2) is 11.8 Å². The van der Waals surface area contributed by atoms with E-state index < -0.39 is 0 Å². The van der Waals surface area contributed by atoms with Gasteiger partial charge in [0.1, 0.15) is 0 Å².